The maximum absolute atomic E-state index is 16.2. The van der Waals surface area contributed by atoms with E-state index in [0.717, 1.165) is 55.0 Å². The van der Waals surface area contributed by atoms with Crippen LogP contribution in [0.2, 0.25) is 0 Å². The standard InChI is InChI=1S/C40H43FN4O6/c1-26-3-7-36(34-23-44(12-9-37(34)46)22-27-10-13-48-14-11-27)45(21-26)30-5-6-32(35(41)19-30)33-17-29(20-43-40(33)42)28-4-8-38(39(18-28)47-2)51-25-31-24-49-15-16-50-31/h3-9,12,17-20,23,27,31H,10-11,13-16,21-22,24-25H2,1-2H3,(H2,42,43)/t31-/m0/s1. The van der Waals surface area contributed by atoms with Gasteiger partial charge >= 0.3 is 0 Å². The molecule has 5 heterocycles. The molecule has 2 saturated heterocycles. The van der Waals surface area contributed by atoms with Crippen LogP contribution in [0, 0.1) is 11.7 Å². The van der Waals surface area contributed by atoms with Gasteiger partial charge in [0.05, 0.1) is 38.2 Å². The van der Waals surface area contributed by atoms with Gasteiger partial charge in [-0.2, -0.15) is 0 Å². The normalized spacial score (nSPS) is 18.3. The largest absolute Gasteiger partial charge is 0.493 e. The molecule has 3 aliphatic rings. The Kier molecular flexibility index (Phi) is 10.5. The number of allylic oxidation sites excluding steroid dienone is 2. The Morgan fingerprint density at radius 3 is 2.59 bits per heavy atom. The predicted molar refractivity (Wildman–Crippen MR) is 195 cm³/mol. The zero-order valence-corrected chi connectivity index (χ0v) is 29.0. The molecule has 0 amide bonds. The van der Waals surface area contributed by atoms with Crippen molar-refractivity contribution in [1.82, 2.24) is 9.55 Å². The highest BCUT2D eigenvalue weighted by Gasteiger charge is 2.23. The minimum absolute atomic E-state index is 0.0840. The van der Waals surface area contributed by atoms with Crippen LogP contribution in [0.5, 0.6) is 11.5 Å². The summed E-state index contributed by atoms with van der Waals surface area (Å²) >= 11 is 0. The second kappa shape index (κ2) is 15.5. The zero-order valence-electron chi connectivity index (χ0n) is 29.0. The first-order valence-corrected chi connectivity index (χ1v) is 17.4. The van der Waals surface area contributed by atoms with E-state index in [-0.39, 0.29) is 17.4 Å². The molecule has 3 aliphatic heterocycles. The number of pyridine rings is 2. The lowest BCUT2D eigenvalue weighted by atomic mass is 9.99. The summed E-state index contributed by atoms with van der Waals surface area (Å²) in [6.45, 7) is 6.82. The van der Waals surface area contributed by atoms with Gasteiger partial charge in [0.15, 0.2) is 16.9 Å². The van der Waals surface area contributed by atoms with Crippen LogP contribution < -0.4 is 25.5 Å². The maximum atomic E-state index is 16.2. The first-order chi connectivity index (χ1) is 24.9. The monoisotopic (exact) mass is 694 g/mol. The van der Waals surface area contributed by atoms with Crippen molar-refractivity contribution in [3.8, 4) is 33.8 Å². The van der Waals surface area contributed by atoms with Crippen LogP contribution in [0.25, 0.3) is 28.0 Å². The molecule has 0 unspecified atom stereocenters. The molecule has 2 fully saturated rings. The lowest BCUT2D eigenvalue weighted by Crippen LogP contribution is -2.33. The third-order valence-corrected chi connectivity index (χ3v) is 9.57. The molecule has 0 aliphatic carbocycles. The van der Waals surface area contributed by atoms with Crippen LogP contribution in [0.4, 0.5) is 15.9 Å². The van der Waals surface area contributed by atoms with Gasteiger partial charge < -0.3 is 38.9 Å². The number of halogens is 1. The number of anilines is 2. The maximum Gasteiger partial charge on any atom is 0.190 e. The van der Waals surface area contributed by atoms with E-state index in [0.29, 0.717) is 72.8 Å². The highest BCUT2D eigenvalue weighted by molar-refractivity contribution is 5.85. The molecule has 0 radical (unpaired) electrons. The van der Waals surface area contributed by atoms with E-state index in [1.54, 1.807) is 25.4 Å². The van der Waals surface area contributed by atoms with E-state index in [9.17, 15) is 4.79 Å². The van der Waals surface area contributed by atoms with Gasteiger partial charge in [-0.15, -0.1) is 0 Å². The number of nitrogens with zero attached hydrogens (tertiary/aromatic N) is 3. The van der Waals surface area contributed by atoms with E-state index in [2.05, 4.69) is 9.55 Å². The van der Waals surface area contributed by atoms with E-state index in [4.69, 9.17) is 29.4 Å². The smallest absolute Gasteiger partial charge is 0.190 e. The molecule has 10 nitrogen and oxygen atoms in total. The molecular weight excluding hydrogens is 651 g/mol. The van der Waals surface area contributed by atoms with Gasteiger partial charge in [-0.3, -0.25) is 4.79 Å². The van der Waals surface area contributed by atoms with Crippen molar-refractivity contribution >= 4 is 17.2 Å². The average molecular weight is 695 g/mol. The molecule has 0 saturated carbocycles. The Morgan fingerprint density at radius 2 is 1.80 bits per heavy atom. The Bertz CT molecular complexity index is 2000. The summed E-state index contributed by atoms with van der Waals surface area (Å²) in [7, 11) is 1.58. The van der Waals surface area contributed by atoms with Crippen molar-refractivity contribution in [3.63, 3.8) is 0 Å². The van der Waals surface area contributed by atoms with Crippen LogP contribution in [0.15, 0.2) is 89.6 Å². The highest BCUT2D eigenvalue weighted by atomic mass is 19.1. The Labute approximate surface area is 296 Å². The van der Waals surface area contributed by atoms with Crippen LogP contribution >= 0.6 is 0 Å². The summed E-state index contributed by atoms with van der Waals surface area (Å²) in [4.78, 5) is 19.6. The van der Waals surface area contributed by atoms with Gasteiger partial charge in [0.25, 0.3) is 0 Å². The van der Waals surface area contributed by atoms with Gasteiger partial charge in [0.1, 0.15) is 24.3 Å². The fourth-order valence-electron chi connectivity index (χ4n) is 6.74. The van der Waals surface area contributed by atoms with Crippen molar-refractivity contribution in [2.75, 3.05) is 63.9 Å². The molecule has 2 aromatic carbocycles. The summed E-state index contributed by atoms with van der Waals surface area (Å²) in [6.07, 6.45) is 11.2. The van der Waals surface area contributed by atoms with E-state index in [1.807, 2.05) is 66.7 Å². The zero-order chi connectivity index (χ0) is 35.3. The summed E-state index contributed by atoms with van der Waals surface area (Å²) in [6, 6.07) is 14.1. The molecule has 1 atom stereocenters. The SMILES string of the molecule is COc1cc(-c2cnc(N)c(-c3ccc(N4CC(C)=CC=C4c4cn(CC5CCOCC5)ccc4=O)cc3F)c2)ccc1OC[C@@H]1COCCO1. The second-order valence-corrected chi connectivity index (χ2v) is 13.2. The number of nitrogens with two attached hydrogens (primary N) is 1. The number of aromatic nitrogens is 2. The summed E-state index contributed by atoms with van der Waals surface area (Å²) in [5, 5.41) is 0. The molecule has 11 heteroatoms. The quantitative estimate of drug-likeness (QED) is 0.204. The predicted octanol–water partition coefficient (Wildman–Crippen LogP) is 6.34. The number of nitrogen functional groups attached to an aromatic ring is 1. The van der Waals surface area contributed by atoms with Gasteiger partial charge in [0, 0.05) is 73.3 Å². The second-order valence-electron chi connectivity index (χ2n) is 13.2. The lowest BCUT2D eigenvalue weighted by Gasteiger charge is -2.31. The summed E-state index contributed by atoms with van der Waals surface area (Å²) in [5.41, 5.74) is 11.6. The molecule has 0 spiro atoms. The first-order valence-electron chi connectivity index (χ1n) is 17.4. The molecule has 4 aromatic rings. The van der Waals surface area contributed by atoms with E-state index >= 15 is 4.39 Å². The number of methoxy groups -OCH3 is 1. The van der Waals surface area contributed by atoms with Crippen LogP contribution in [0.3, 0.4) is 0 Å². The first kappa shape index (κ1) is 34.5. The molecule has 7 rings (SSSR count). The molecule has 2 aromatic heterocycles. The van der Waals surface area contributed by atoms with Crippen molar-refractivity contribution in [2.24, 2.45) is 5.92 Å². The van der Waals surface area contributed by atoms with Gasteiger partial charge in [0.2, 0.25) is 0 Å². The fourth-order valence-corrected chi connectivity index (χ4v) is 6.74. The topological polar surface area (TPSA) is 110 Å². The minimum Gasteiger partial charge on any atom is -0.493 e. The number of hydrogen-bond acceptors (Lipinski definition) is 9. The van der Waals surface area contributed by atoms with Crippen molar-refractivity contribution < 1.29 is 28.1 Å². The summed E-state index contributed by atoms with van der Waals surface area (Å²) in [5.74, 6) is 1.36. The highest BCUT2D eigenvalue weighted by Crippen LogP contribution is 2.38. The average Bonchev–Trinajstić information content (AvgIpc) is 3.16. The lowest BCUT2D eigenvalue weighted by molar-refractivity contribution is -0.101. The number of ether oxygens (including phenoxy) is 5. The number of rotatable bonds is 10. The van der Waals surface area contributed by atoms with Gasteiger partial charge in [-0.1, -0.05) is 17.7 Å². The molecule has 2 N–H and O–H groups in total. The van der Waals surface area contributed by atoms with Gasteiger partial charge in [-0.05, 0) is 73.7 Å². The Morgan fingerprint density at radius 1 is 0.941 bits per heavy atom. The van der Waals surface area contributed by atoms with Crippen LogP contribution in [-0.2, 0) is 20.8 Å². The van der Waals surface area contributed by atoms with E-state index < -0.39 is 5.82 Å². The number of benzene rings is 2. The van der Waals surface area contributed by atoms with Crippen molar-refractivity contribution in [3.05, 3.63) is 106 Å². The van der Waals surface area contributed by atoms with E-state index in [1.165, 1.54) is 6.07 Å². The fraction of sp³-hybridized carbons (Fsp3) is 0.350. The third kappa shape index (κ3) is 7.85. The molecular formula is C40H43FN4O6. The number of hydrogen-bond donors (Lipinski definition) is 1. The van der Waals surface area contributed by atoms with Crippen molar-refractivity contribution in [2.45, 2.75) is 32.4 Å². The van der Waals surface area contributed by atoms with Crippen LogP contribution in [-0.4, -0.2) is 69.0 Å². The Balaban J connectivity index is 1.14. The minimum atomic E-state index is -0.454. The molecule has 51 heavy (non-hydrogen) atoms. The Hall–Kier alpha value is -4.97. The third-order valence-electron chi connectivity index (χ3n) is 9.57. The summed E-state index contributed by atoms with van der Waals surface area (Å²) < 4.78 is 46.5. The molecule has 0 bridgehead atoms. The van der Waals surface area contributed by atoms with Crippen molar-refractivity contribution in [1.29, 1.82) is 0 Å². The van der Waals surface area contributed by atoms with Gasteiger partial charge in [-0.25, -0.2) is 9.37 Å². The van der Waals surface area contributed by atoms with Crippen LogP contribution in [0.1, 0.15) is 25.3 Å². The molecule has 266 valence electrons.